The van der Waals surface area contributed by atoms with Gasteiger partial charge in [-0.15, -0.1) is 10.2 Å². The lowest BCUT2D eigenvalue weighted by atomic mass is 10.2. The second-order valence-electron chi connectivity index (χ2n) is 2.75. The molecule has 62 valence electrons. The Balaban J connectivity index is 2.82. The van der Waals surface area contributed by atoms with Gasteiger partial charge in [-0.25, -0.2) is 4.39 Å². The molecule has 4 heteroatoms. The highest BCUT2D eigenvalue weighted by atomic mass is 32.1. The van der Waals surface area contributed by atoms with Crippen molar-refractivity contribution in [2.24, 2.45) is 0 Å². The van der Waals surface area contributed by atoms with Crippen LogP contribution in [0, 0.1) is 0 Å². The number of nitrogens with zero attached hydrogens (tertiary/aromatic N) is 2. The summed E-state index contributed by atoms with van der Waals surface area (Å²) in [5, 5.41) is 8.98. The van der Waals surface area contributed by atoms with Crippen LogP contribution in [0.25, 0.3) is 0 Å². The normalized spacial score (nSPS) is 13.9. The van der Waals surface area contributed by atoms with E-state index >= 15 is 0 Å². The van der Waals surface area contributed by atoms with E-state index in [1.165, 1.54) is 18.3 Å². The molecule has 0 aromatic carbocycles. The Morgan fingerprint density at radius 3 is 2.00 bits per heavy atom. The first-order valence-corrected chi connectivity index (χ1v) is 4.40. The maximum Gasteiger partial charge on any atom is 0.151 e. The Morgan fingerprint density at radius 2 is 1.73 bits per heavy atom. The van der Waals surface area contributed by atoms with Crippen molar-refractivity contribution < 1.29 is 4.39 Å². The number of alkyl halides is 1. The molecule has 1 unspecified atom stereocenters. The first kappa shape index (κ1) is 8.59. The summed E-state index contributed by atoms with van der Waals surface area (Å²) in [5.41, 5.74) is 0. The molecule has 0 fully saturated rings. The van der Waals surface area contributed by atoms with Crippen LogP contribution < -0.4 is 0 Å². The fraction of sp³-hybridized carbons (Fsp3) is 0.714. The highest BCUT2D eigenvalue weighted by Crippen LogP contribution is 2.24. The van der Waals surface area contributed by atoms with Gasteiger partial charge >= 0.3 is 0 Å². The Hall–Kier alpha value is -0.510. The van der Waals surface area contributed by atoms with Crippen LogP contribution >= 0.6 is 11.3 Å². The van der Waals surface area contributed by atoms with Gasteiger partial charge in [0.25, 0.3) is 0 Å². The van der Waals surface area contributed by atoms with Gasteiger partial charge in [0, 0.05) is 5.92 Å². The molecule has 11 heavy (non-hydrogen) atoms. The van der Waals surface area contributed by atoms with Crippen molar-refractivity contribution >= 4 is 11.3 Å². The van der Waals surface area contributed by atoms with Crippen molar-refractivity contribution in [3.8, 4) is 0 Å². The quantitative estimate of drug-likeness (QED) is 0.689. The van der Waals surface area contributed by atoms with Crippen molar-refractivity contribution in [2.45, 2.75) is 32.9 Å². The van der Waals surface area contributed by atoms with E-state index in [1.54, 1.807) is 0 Å². The minimum absolute atomic E-state index is 0.347. The standard InChI is InChI=1S/C7H11FN2S/c1-4(2)6-9-10-7(11-6)5(3)8/h4-5H,1-3H3. The summed E-state index contributed by atoms with van der Waals surface area (Å²) in [5.74, 6) is 0.347. The average Bonchev–Trinajstić information content (AvgIpc) is 2.33. The molecule has 1 aromatic rings. The van der Waals surface area contributed by atoms with Crippen LogP contribution in [0.5, 0.6) is 0 Å². The SMILES string of the molecule is CC(C)c1nnc(C(C)F)s1. The van der Waals surface area contributed by atoms with Gasteiger partial charge in [-0.1, -0.05) is 25.2 Å². The van der Waals surface area contributed by atoms with Gasteiger partial charge in [-0.05, 0) is 6.92 Å². The molecule has 0 bridgehead atoms. The van der Waals surface area contributed by atoms with Crippen LogP contribution in [0.3, 0.4) is 0 Å². The fourth-order valence-corrected chi connectivity index (χ4v) is 1.42. The van der Waals surface area contributed by atoms with E-state index in [1.807, 2.05) is 13.8 Å². The molecule has 1 atom stereocenters. The van der Waals surface area contributed by atoms with E-state index in [2.05, 4.69) is 10.2 Å². The summed E-state index contributed by atoms with van der Waals surface area (Å²) in [6.07, 6.45) is -0.986. The van der Waals surface area contributed by atoms with Crippen LogP contribution in [-0.2, 0) is 0 Å². The topological polar surface area (TPSA) is 25.8 Å². The highest BCUT2D eigenvalue weighted by molar-refractivity contribution is 7.11. The summed E-state index contributed by atoms with van der Waals surface area (Å²) in [6.45, 7) is 5.52. The molecule has 2 nitrogen and oxygen atoms in total. The third-order valence-electron chi connectivity index (χ3n) is 1.29. The molecule has 0 aliphatic carbocycles. The van der Waals surface area contributed by atoms with Crippen molar-refractivity contribution in [3.05, 3.63) is 10.0 Å². The van der Waals surface area contributed by atoms with Gasteiger partial charge in [-0.3, -0.25) is 0 Å². The molecule has 0 N–H and O–H groups in total. The third-order valence-corrected chi connectivity index (χ3v) is 2.67. The zero-order valence-corrected chi connectivity index (χ0v) is 7.65. The molecule has 0 spiro atoms. The molecule has 0 amide bonds. The molecule has 1 rings (SSSR count). The summed E-state index contributed by atoms with van der Waals surface area (Å²) in [6, 6.07) is 0. The predicted molar refractivity (Wildman–Crippen MR) is 43.5 cm³/mol. The van der Waals surface area contributed by atoms with Crippen LogP contribution in [0.15, 0.2) is 0 Å². The molecular formula is C7H11FN2S. The summed E-state index contributed by atoms with van der Waals surface area (Å²) >= 11 is 1.35. The molecular weight excluding hydrogens is 163 g/mol. The molecule has 1 aromatic heterocycles. The largest absolute Gasteiger partial charge is 0.240 e. The second kappa shape index (κ2) is 3.26. The van der Waals surface area contributed by atoms with Crippen LogP contribution in [-0.4, -0.2) is 10.2 Å². The number of hydrogen-bond acceptors (Lipinski definition) is 3. The number of aromatic nitrogens is 2. The van der Waals surface area contributed by atoms with E-state index in [0.29, 0.717) is 10.9 Å². The van der Waals surface area contributed by atoms with Gasteiger partial charge < -0.3 is 0 Å². The smallest absolute Gasteiger partial charge is 0.151 e. The minimum atomic E-state index is -0.986. The maximum absolute atomic E-state index is 12.6. The predicted octanol–water partition coefficient (Wildman–Crippen LogP) is 2.69. The fourth-order valence-electron chi connectivity index (χ4n) is 0.641. The Labute approximate surface area is 69.5 Å². The summed E-state index contributed by atoms with van der Waals surface area (Å²) < 4.78 is 12.6. The van der Waals surface area contributed by atoms with Crippen LogP contribution in [0.1, 0.15) is 42.9 Å². The monoisotopic (exact) mass is 174 g/mol. The van der Waals surface area contributed by atoms with Gasteiger partial charge in [-0.2, -0.15) is 0 Å². The average molecular weight is 174 g/mol. The summed E-state index contributed by atoms with van der Waals surface area (Å²) in [4.78, 5) is 0. The number of halogens is 1. The summed E-state index contributed by atoms with van der Waals surface area (Å²) in [7, 11) is 0. The van der Waals surface area contributed by atoms with E-state index in [9.17, 15) is 4.39 Å². The third kappa shape index (κ3) is 1.96. The van der Waals surface area contributed by atoms with Gasteiger partial charge in [0.05, 0.1) is 0 Å². The van der Waals surface area contributed by atoms with Gasteiger partial charge in [0.2, 0.25) is 0 Å². The molecule has 0 radical (unpaired) electrons. The van der Waals surface area contributed by atoms with Gasteiger partial charge in [0.15, 0.2) is 11.2 Å². The van der Waals surface area contributed by atoms with Crippen molar-refractivity contribution in [3.63, 3.8) is 0 Å². The van der Waals surface area contributed by atoms with Crippen LogP contribution in [0.4, 0.5) is 4.39 Å². The zero-order valence-electron chi connectivity index (χ0n) is 6.84. The number of rotatable bonds is 2. The minimum Gasteiger partial charge on any atom is -0.240 e. The van der Waals surface area contributed by atoms with Crippen molar-refractivity contribution in [1.82, 2.24) is 10.2 Å². The lowest BCUT2D eigenvalue weighted by molar-refractivity contribution is 0.371. The Morgan fingerprint density at radius 1 is 1.18 bits per heavy atom. The maximum atomic E-state index is 12.6. The molecule has 0 saturated heterocycles. The van der Waals surface area contributed by atoms with Crippen molar-refractivity contribution in [2.75, 3.05) is 0 Å². The lowest BCUT2D eigenvalue weighted by Gasteiger charge is -1.94. The first-order valence-electron chi connectivity index (χ1n) is 3.58. The number of hydrogen-bond donors (Lipinski definition) is 0. The van der Waals surface area contributed by atoms with E-state index < -0.39 is 6.17 Å². The lowest BCUT2D eigenvalue weighted by Crippen LogP contribution is -1.84. The van der Waals surface area contributed by atoms with E-state index in [0.717, 1.165) is 5.01 Å². The van der Waals surface area contributed by atoms with E-state index in [-0.39, 0.29) is 0 Å². The van der Waals surface area contributed by atoms with E-state index in [4.69, 9.17) is 0 Å². The molecule has 0 aliphatic rings. The Bertz CT molecular complexity index is 210. The van der Waals surface area contributed by atoms with Crippen LogP contribution in [0.2, 0.25) is 0 Å². The molecule has 1 heterocycles. The first-order chi connectivity index (χ1) is 5.11. The molecule has 0 saturated carbocycles. The highest BCUT2D eigenvalue weighted by Gasteiger charge is 2.11. The Kier molecular flexibility index (Phi) is 2.54. The second-order valence-corrected chi connectivity index (χ2v) is 3.79. The van der Waals surface area contributed by atoms with Crippen molar-refractivity contribution in [1.29, 1.82) is 0 Å². The zero-order chi connectivity index (χ0) is 8.43. The molecule has 0 aliphatic heterocycles. The van der Waals surface area contributed by atoms with Gasteiger partial charge in [0.1, 0.15) is 5.01 Å².